The van der Waals surface area contributed by atoms with Crippen molar-refractivity contribution < 1.29 is 4.74 Å². The van der Waals surface area contributed by atoms with Crippen LogP contribution >= 0.6 is 24.0 Å². The van der Waals surface area contributed by atoms with Crippen LogP contribution in [0.2, 0.25) is 0 Å². The number of nitrogens with one attached hydrogen (secondary N) is 2. The van der Waals surface area contributed by atoms with Crippen molar-refractivity contribution in [3.8, 4) is 0 Å². The van der Waals surface area contributed by atoms with Crippen LogP contribution in [0.5, 0.6) is 0 Å². The van der Waals surface area contributed by atoms with Gasteiger partial charge in [-0.1, -0.05) is 6.92 Å². The smallest absolute Gasteiger partial charge is 0.191 e. The molecule has 0 amide bonds. The van der Waals surface area contributed by atoms with Gasteiger partial charge in [-0.25, -0.2) is 0 Å². The van der Waals surface area contributed by atoms with Crippen molar-refractivity contribution in [3.63, 3.8) is 0 Å². The number of hydrogen-bond donors (Lipinski definition) is 2. The molecule has 1 aromatic rings. The summed E-state index contributed by atoms with van der Waals surface area (Å²) in [6.07, 6.45) is 2.68. The molecule has 0 radical (unpaired) electrons. The van der Waals surface area contributed by atoms with E-state index in [1.807, 2.05) is 0 Å². The summed E-state index contributed by atoms with van der Waals surface area (Å²) in [5.41, 5.74) is 0. The number of aromatic nitrogens is 3. The zero-order chi connectivity index (χ0) is 16.3. The van der Waals surface area contributed by atoms with Crippen molar-refractivity contribution in [2.45, 2.75) is 26.8 Å². The standard InChI is InChI=1S/C15H29N7O.HI/c1-3-14-20-19-13-22(14)8-6-18-15(16-4-2)17-5-7-21-9-11-23-12-10-21;/h13H,3-12H2,1-2H3,(H2,16,17,18);1H. The predicted octanol–water partition coefficient (Wildman–Crippen LogP) is 0.346. The molecule has 0 spiro atoms. The lowest BCUT2D eigenvalue weighted by atomic mass is 10.4. The molecule has 24 heavy (non-hydrogen) atoms. The first kappa shape index (κ1) is 21.1. The molecule has 2 rings (SSSR count). The Balaban J connectivity index is 0.00000288. The Morgan fingerprint density at radius 3 is 2.75 bits per heavy atom. The molecule has 1 fully saturated rings. The van der Waals surface area contributed by atoms with Gasteiger partial charge in [0.05, 0.1) is 19.8 Å². The van der Waals surface area contributed by atoms with Crippen LogP contribution in [0.25, 0.3) is 0 Å². The third-order valence-electron chi connectivity index (χ3n) is 3.79. The largest absolute Gasteiger partial charge is 0.379 e. The minimum absolute atomic E-state index is 0. The van der Waals surface area contributed by atoms with Crippen LogP contribution in [0.1, 0.15) is 19.7 Å². The number of guanidine groups is 1. The summed E-state index contributed by atoms with van der Waals surface area (Å²) in [6, 6.07) is 0. The van der Waals surface area contributed by atoms with Crippen molar-refractivity contribution in [2.24, 2.45) is 4.99 Å². The minimum atomic E-state index is 0. The van der Waals surface area contributed by atoms with Crippen LogP contribution in [0.4, 0.5) is 0 Å². The number of hydrogen-bond acceptors (Lipinski definition) is 5. The van der Waals surface area contributed by atoms with Crippen LogP contribution in [0.15, 0.2) is 11.3 Å². The van der Waals surface area contributed by atoms with E-state index in [0.29, 0.717) is 0 Å². The van der Waals surface area contributed by atoms with Gasteiger partial charge in [0.25, 0.3) is 0 Å². The molecule has 138 valence electrons. The number of aryl methyl sites for hydroxylation is 1. The molecule has 9 heteroatoms. The Labute approximate surface area is 161 Å². The molecule has 0 aromatic carbocycles. The minimum Gasteiger partial charge on any atom is -0.379 e. The summed E-state index contributed by atoms with van der Waals surface area (Å²) in [5.74, 6) is 1.88. The van der Waals surface area contributed by atoms with E-state index in [1.54, 1.807) is 6.33 Å². The molecule has 1 aromatic heterocycles. The summed E-state index contributed by atoms with van der Waals surface area (Å²) < 4.78 is 7.43. The molecule has 8 nitrogen and oxygen atoms in total. The lowest BCUT2D eigenvalue weighted by Crippen LogP contribution is -2.41. The second kappa shape index (κ2) is 12.4. The van der Waals surface area contributed by atoms with Gasteiger partial charge in [-0.05, 0) is 6.92 Å². The first-order valence-electron chi connectivity index (χ1n) is 8.52. The summed E-state index contributed by atoms with van der Waals surface area (Å²) in [4.78, 5) is 7.03. The van der Waals surface area contributed by atoms with E-state index in [4.69, 9.17) is 4.74 Å². The summed E-state index contributed by atoms with van der Waals surface area (Å²) in [6.45, 7) is 12.1. The molecule has 0 bridgehead atoms. The molecule has 0 unspecified atom stereocenters. The zero-order valence-electron chi connectivity index (χ0n) is 14.7. The SMILES string of the molecule is CCNC(=NCCN1CCOCC1)NCCn1cnnc1CC.I. The first-order valence-corrected chi connectivity index (χ1v) is 8.52. The number of nitrogens with zero attached hydrogens (tertiary/aromatic N) is 5. The molecule has 2 heterocycles. The third kappa shape index (κ3) is 7.31. The van der Waals surface area contributed by atoms with Crippen molar-refractivity contribution in [1.29, 1.82) is 0 Å². The predicted molar refractivity (Wildman–Crippen MR) is 106 cm³/mol. The summed E-state index contributed by atoms with van der Waals surface area (Å²) in [5, 5.41) is 14.7. The van der Waals surface area contributed by atoms with Gasteiger partial charge in [0.1, 0.15) is 12.2 Å². The Morgan fingerprint density at radius 2 is 2.04 bits per heavy atom. The fourth-order valence-corrected chi connectivity index (χ4v) is 2.50. The maximum atomic E-state index is 5.36. The molecule has 0 aliphatic carbocycles. The summed E-state index contributed by atoms with van der Waals surface area (Å²) in [7, 11) is 0. The fourth-order valence-electron chi connectivity index (χ4n) is 2.50. The second-order valence-electron chi connectivity index (χ2n) is 5.44. The maximum Gasteiger partial charge on any atom is 0.191 e. The van der Waals surface area contributed by atoms with Crippen LogP contribution in [-0.2, 0) is 17.7 Å². The quantitative estimate of drug-likeness (QED) is 0.337. The third-order valence-corrected chi connectivity index (χ3v) is 3.79. The van der Waals surface area contributed by atoms with Gasteiger partial charge in [0.15, 0.2) is 5.96 Å². The molecule has 1 saturated heterocycles. The summed E-state index contributed by atoms with van der Waals surface area (Å²) >= 11 is 0. The number of morpholine rings is 1. The topological polar surface area (TPSA) is 79.6 Å². The Kier molecular flexibility index (Phi) is 10.9. The van der Waals surface area contributed by atoms with Gasteiger partial charge in [0.2, 0.25) is 0 Å². The highest BCUT2D eigenvalue weighted by atomic mass is 127. The van der Waals surface area contributed by atoms with Gasteiger partial charge in [0, 0.05) is 45.7 Å². The fraction of sp³-hybridized carbons (Fsp3) is 0.800. The average molecular weight is 451 g/mol. The van der Waals surface area contributed by atoms with Gasteiger partial charge < -0.3 is 19.9 Å². The van der Waals surface area contributed by atoms with Gasteiger partial charge in [-0.15, -0.1) is 34.2 Å². The van der Waals surface area contributed by atoms with Crippen LogP contribution in [0.3, 0.4) is 0 Å². The van der Waals surface area contributed by atoms with E-state index in [1.165, 1.54) is 0 Å². The highest BCUT2D eigenvalue weighted by Crippen LogP contribution is 1.96. The zero-order valence-corrected chi connectivity index (χ0v) is 17.0. The second-order valence-corrected chi connectivity index (χ2v) is 5.44. The number of ether oxygens (including phenoxy) is 1. The average Bonchev–Trinajstić information content (AvgIpc) is 3.03. The number of aliphatic imine (C=N–C) groups is 1. The van der Waals surface area contributed by atoms with Crippen molar-refractivity contribution in [1.82, 2.24) is 30.3 Å². The monoisotopic (exact) mass is 451 g/mol. The highest BCUT2D eigenvalue weighted by Gasteiger charge is 2.09. The maximum absolute atomic E-state index is 5.36. The Bertz CT molecular complexity index is 474. The van der Waals surface area contributed by atoms with E-state index in [2.05, 4.69) is 49.1 Å². The van der Waals surface area contributed by atoms with Crippen LogP contribution < -0.4 is 10.6 Å². The first-order chi connectivity index (χ1) is 11.3. The number of halogens is 1. The molecule has 0 atom stereocenters. The molecular weight excluding hydrogens is 421 g/mol. The molecule has 1 aliphatic rings. The van der Waals surface area contributed by atoms with Gasteiger partial charge in [-0.3, -0.25) is 9.89 Å². The van der Waals surface area contributed by atoms with Crippen LogP contribution in [0, 0.1) is 0 Å². The van der Waals surface area contributed by atoms with Crippen LogP contribution in [-0.4, -0.2) is 78.1 Å². The Morgan fingerprint density at radius 1 is 1.25 bits per heavy atom. The molecule has 1 aliphatic heterocycles. The normalized spacial score (nSPS) is 15.8. The highest BCUT2D eigenvalue weighted by molar-refractivity contribution is 14.0. The van der Waals surface area contributed by atoms with E-state index in [9.17, 15) is 0 Å². The van der Waals surface area contributed by atoms with Crippen molar-refractivity contribution in [3.05, 3.63) is 12.2 Å². The van der Waals surface area contributed by atoms with Gasteiger partial charge in [-0.2, -0.15) is 0 Å². The lowest BCUT2D eigenvalue weighted by Gasteiger charge is -2.25. The Hall–Kier alpha value is -0.940. The lowest BCUT2D eigenvalue weighted by molar-refractivity contribution is 0.0394. The van der Waals surface area contributed by atoms with Crippen molar-refractivity contribution in [2.75, 3.05) is 52.5 Å². The molecular formula is C15H30IN7O. The van der Waals surface area contributed by atoms with E-state index in [0.717, 1.165) is 77.2 Å². The molecule has 0 saturated carbocycles. The van der Waals surface area contributed by atoms with Gasteiger partial charge >= 0.3 is 0 Å². The van der Waals surface area contributed by atoms with E-state index in [-0.39, 0.29) is 24.0 Å². The number of rotatable bonds is 8. The molecule has 2 N–H and O–H groups in total. The van der Waals surface area contributed by atoms with Crippen molar-refractivity contribution >= 4 is 29.9 Å². The van der Waals surface area contributed by atoms with E-state index < -0.39 is 0 Å². The van der Waals surface area contributed by atoms with E-state index >= 15 is 0 Å².